The Morgan fingerprint density at radius 1 is 1.44 bits per heavy atom. The van der Waals surface area contributed by atoms with Crippen LogP contribution in [0, 0.1) is 5.82 Å². The van der Waals surface area contributed by atoms with Crippen molar-refractivity contribution in [1.29, 1.82) is 0 Å². The summed E-state index contributed by atoms with van der Waals surface area (Å²) in [5, 5.41) is 3.95. The molecule has 0 aliphatic rings. The zero-order valence-electron chi connectivity index (χ0n) is 9.18. The summed E-state index contributed by atoms with van der Waals surface area (Å²) in [7, 11) is 1.89. The summed E-state index contributed by atoms with van der Waals surface area (Å²) in [6.07, 6.45) is 0.927. The highest BCUT2D eigenvalue weighted by Gasteiger charge is 2.14. The average molecular weight is 286 g/mol. The van der Waals surface area contributed by atoms with Crippen molar-refractivity contribution in [2.45, 2.75) is 19.4 Å². The lowest BCUT2D eigenvalue weighted by Gasteiger charge is -2.09. The molecule has 16 heavy (non-hydrogen) atoms. The molecule has 0 aliphatic heterocycles. The first-order valence-electron chi connectivity index (χ1n) is 5.21. The van der Waals surface area contributed by atoms with E-state index in [1.54, 1.807) is 0 Å². The van der Waals surface area contributed by atoms with Gasteiger partial charge >= 0.3 is 0 Å². The Labute approximate surface area is 102 Å². The molecular weight excluding hydrogens is 273 g/mol. The molecule has 1 aromatic heterocycles. The monoisotopic (exact) mass is 285 g/mol. The Bertz CT molecular complexity index is 505. The van der Waals surface area contributed by atoms with E-state index in [-0.39, 0.29) is 11.9 Å². The Kier molecular flexibility index (Phi) is 3.30. The van der Waals surface area contributed by atoms with Crippen LogP contribution in [0.15, 0.2) is 27.1 Å². The van der Waals surface area contributed by atoms with Gasteiger partial charge in [-0.3, -0.25) is 0 Å². The quantitative estimate of drug-likeness (QED) is 0.922. The van der Waals surface area contributed by atoms with Crippen LogP contribution in [0.1, 0.15) is 25.1 Å². The summed E-state index contributed by atoms with van der Waals surface area (Å²) in [6, 6.07) is 4.95. The van der Waals surface area contributed by atoms with Gasteiger partial charge in [-0.15, -0.1) is 0 Å². The lowest BCUT2D eigenvalue weighted by Crippen LogP contribution is -2.14. The largest absolute Gasteiger partial charge is 0.458 e. The van der Waals surface area contributed by atoms with E-state index in [0.29, 0.717) is 10.1 Å². The maximum absolute atomic E-state index is 13.2. The summed E-state index contributed by atoms with van der Waals surface area (Å²) in [6.45, 7) is 2.07. The zero-order chi connectivity index (χ0) is 11.7. The van der Waals surface area contributed by atoms with Crippen molar-refractivity contribution in [3.05, 3.63) is 34.2 Å². The van der Waals surface area contributed by atoms with E-state index in [1.807, 2.05) is 13.1 Å². The molecule has 2 aromatic rings. The third-order valence-electron chi connectivity index (χ3n) is 2.65. The van der Waals surface area contributed by atoms with E-state index >= 15 is 0 Å². The number of nitrogens with one attached hydrogen (secondary N) is 1. The van der Waals surface area contributed by atoms with Gasteiger partial charge in [0.1, 0.15) is 17.2 Å². The van der Waals surface area contributed by atoms with E-state index < -0.39 is 0 Å². The van der Waals surface area contributed by atoms with Gasteiger partial charge < -0.3 is 9.73 Å². The van der Waals surface area contributed by atoms with Gasteiger partial charge in [0.05, 0.1) is 10.5 Å². The first-order valence-corrected chi connectivity index (χ1v) is 6.00. The number of rotatable bonds is 3. The predicted molar refractivity (Wildman–Crippen MR) is 66.0 cm³/mol. The molecule has 0 saturated carbocycles. The third kappa shape index (κ3) is 1.99. The molecular formula is C12H13BrFNO. The summed E-state index contributed by atoms with van der Waals surface area (Å²) in [5.41, 5.74) is 0.699. The zero-order valence-corrected chi connectivity index (χ0v) is 10.8. The Balaban J connectivity index is 2.55. The number of hydrogen-bond donors (Lipinski definition) is 1. The van der Waals surface area contributed by atoms with Crippen LogP contribution in [0.4, 0.5) is 4.39 Å². The number of fused-ring (bicyclic) bond motifs is 1. The van der Waals surface area contributed by atoms with Crippen molar-refractivity contribution in [2.75, 3.05) is 7.05 Å². The van der Waals surface area contributed by atoms with E-state index in [2.05, 4.69) is 28.2 Å². The van der Waals surface area contributed by atoms with Crippen molar-refractivity contribution < 1.29 is 8.81 Å². The van der Waals surface area contributed by atoms with Crippen molar-refractivity contribution in [1.82, 2.24) is 5.32 Å². The molecule has 0 fully saturated rings. The molecule has 0 spiro atoms. The van der Waals surface area contributed by atoms with Crippen LogP contribution < -0.4 is 5.32 Å². The van der Waals surface area contributed by atoms with Crippen LogP contribution in [-0.2, 0) is 0 Å². The van der Waals surface area contributed by atoms with Gasteiger partial charge in [0, 0.05) is 5.39 Å². The molecule has 1 aromatic carbocycles. The van der Waals surface area contributed by atoms with Crippen molar-refractivity contribution >= 4 is 26.9 Å². The molecule has 0 amide bonds. The van der Waals surface area contributed by atoms with Crippen LogP contribution in [0.5, 0.6) is 0 Å². The lowest BCUT2D eigenvalue weighted by molar-refractivity contribution is 0.443. The Hall–Kier alpha value is -0.870. The standard InChI is InChI=1S/C12H13BrFNO/c1-3-10(15-2)11-5-7-4-8(14)6-9(13)12(7)16-11/h4-6,10,15H,3H2,1-2H3. The van der Waals surface area contributed by atoms with Crippen LogP contribution in [0.25, 0.3) is 11.0 Å². The number of halogens is 2. The second-order valence-corrected chi connectivity index (χ2v) is 4.56. The maximum Gasteiger partial charge on any atom is 0.148 e. The number of furan rings is 1. The van der Waals surface area contributed by atoms with Crippen LogP contribution in [-0.4, -0.2) is 7.05 Å². The first-order chi connectivity index (χ1) is 7.65. The fraction of sp³-hybridized carbons (Fsp3) is 0.333. The highest BCUT2D eigenvalue weighted by Crippen LogP contribution is 2.31. The van der Waals surface area contributed by atoms with Crippen LogP contribution >= 0.6 is 15.9 Å². The molecule has 1 unspecified atom stereocenters. The third-order valence-corrected chi connectivity index (χ3v) is 3.24. The van der Waals surface area contributed by atoms with Crippen LogP contribution in [0.3, 0.4) is 0 Å². The van der Waals surface area contributed by atoms with Gasteiger partial charge in [-0.2, -0.15) is 0 Å². The van der Waals surface area contributed by atoms with Crippen molar-refractivity contribution in [3.63, 3.8) is 0 Å². The molecule has 2 rings (SSSR count). The van der Waals surface area contributed by atoms with Gasteiger partial charge in [-0.1, -0.05) is 6.92 Å². The van der Waals surface area contributed by atoms with Crippen molar-refractivity contribution in [2.24, 2.45) is 0 Å². The molecule has 2 nitrogen and oxygen atoms in total. The minimum Gasteiger partial charge on any atom is -0.458 e. The molecule has 0 bridgehead atoms. The summed E-state index contributed by atoms with van der Waals surface area (Å²) in [5.74, 6) is 0.579. The number of hydrogen-bond acceptors (Lipinski definition) is 2. The second kappa shape index (κ2) is 4.55. The minimum absolute atomic E-state index is 0.169. The number of benzene rings is 1. The summed E-state index contributed by atoms with van der Waals surface area (Å²) in [4.78, 5) is 0. The Morgan fingerprint density at radius 3 is 2.81 bits per heavy atom. The normalized spacial score (nSPS) is 13.2. The minimum atomic E-state index is -0.260. The molecule has 0 aliphatic carbocycles. The molecule has 4 heteroatoms. The highest BCUT2D eigenvalue weighted by molar-refractivity contribution is 9.10. The van der Waals surface area contributed by atoms with Gasteiger partial charge in [0.25, 0.3) is 0 Å². The predicted octanol–water partition coefficient (Wildman–Crippen LogP) is 4.00. The maximum atomic E-state index is 13.2. The smallest absolute Gasteiger partial charge is 0.148 e. The highest BCUT2D eigenvalue weighted by atomic mass is 79.9. The first kappa shape index (κ1) is 11.6. The van der Waals surface area contributed by atoms with Crippen molar-refractivity contribution in [3.8, 4) is 0 Å². The van der Waals surface area contributed by atoms with E-state index in [4.69, 9.17) is 4.42 Å². The molecule has 1 N–H and O–H groups in total. The molecule has 0 radical (unpaired) electrons. The summed E-state index contributed by atoms with van der Waals surface area (Å²) >= 11 is 3.30. The van der Waals surface area contributed by atoms with Gasteiger partial charge in [0.15, 0.2) is 0 Å². The Morgan fingerprint density at radius 2 is 2.19 bits per heavy atom. The second-order valence-electron chi connectivity index (χ2n) is 3.70. The van der Waals surface area contributed by atoms with Crippen LogP contribution in [0.2, 0.25) is 0 Å². The molecule has 1 heterocycles. The molecule has 0 saturated heterocycles. The fourth-order valence-electron chi connectivity index (χ4n) is 1.82. The fourth-order valence-corrected chi connectivity index (χ4v) is 2.34. The van der Waals surface area contributed by atoms with Gasteiger partial charge in [-0.25, -0.2) is 4.39 Å². The summed E-state index contributed by atoms with van der Waals surface area (Å²) < 4.78 is 19.6. The molecule has 1 atom stereocenters. The molecule has 86 valence electrons. The SMILES string of the molecule is CCC(NC)c1cc2cc(F)cc(Br)c2o1. The lowest BCUT2D eigenvalue weighted by atomic mass is 10.1. The van der Waals surface area contributed by atoms with E-state index in [1.165, 1.54) is 12.1 Å². The topological polar surface area (TPSA) is 25.2 Å². The van der Waals surface area contributed by atoms with Gasteiger partial charge in [-0.05, 0) is 47.6 Å². The average Bonchev–Trinajstić information content (AvgIpc) is 2.63. The van der Waals surface area contributed by atoms with E-state index in [0.717, 1.165) is 17.6 Å². The van der Waals surface area contributed by atoms with Gasteiger partial charge in [0.2, 0.25) is 0 Å². The van der Waals surface area contributed by atoms with E-state index in [9.17, 15) is 4.39 Å².